The number of aromatic nitrogens is 2. The van der Waals surface area contributed by atoms with Crippen LogP contribution in [-0.2, 0) is 0 Å². The van der Waals surface area contributed by atoms with E-state index in [4.69, 9.17) is 4.42 Å². The lowest BCUT2D eigenvalue weighted by Gasteiger charge is -2.21. The van der Waals surface area contributed by atoms with Gasteiger partial charge in [0.25, 0.3) is 5.91 Å². The maximum absolute atomic E-state index is 11.9. The van der Waals surface area contributed by atoms with Gasteiger partial charge >= 0.3 is 0 Å². The van der Waals surface area contributed by atoms with Crippen molar-refractivity contribution in [3.63, 3.8) is 0 Å². The topological polar surface area (TPSA) is 88.2 Å². The average molecular weight is 275 g/mol. The third-order valence-corrected chi connectivity index (χ3v) is 3.15. The molecule has 0 aliphatic carbocycles. The third kappa shape index (κ3) is 3.42. The van der Waals surface area contributed by atoms with E-state index >= 15 is 0 Å². The molecule has 106 valence electrons. The van der Waals surface area contributed by atoms with E-state index in [9.17, 15) is 9.90 Å². The highest BCUT2D eigenvalue weighted by molar-refractivity contribution is 5.94. The Balaban J connectivity index is 2.01. The number of aliphatic hydroxyl groups is 1. The van der Waals surface area contributed by atoms with Crippen LogP contribution in [0.25, 0.3) is 11.5 Å². The molecule has 0 spiro atoms. The van der Waals surface area contributed by atoms with Gasteiger partial charge < -0.3 is 14.8 Å². The Kier molecular flexibility index (Phi) is 4.14. The summed E-state index contributed by atoms with van der Waals surface area (Å²) >= 11 is 0. The van der Waals surface area contributed by atoms with Gasteiger partial charge in [0, 0.05) is 17.7 Å². The number of carbonyl (C=O) groups is 1. The van der Waals surface area contributed by atoms with Crippen LogP contribution in [0.15, 0.2) is 35.1 Å². The van der Waals surface area contributed by atoms with Gasteiger partial charge in [-0.1, -0.05) is 6.92 Å². The third-order valence-electron chi connectivity index (χ3n) is 3.15. The lowest BCUT2D eigenvalue weighted by Crippen LogP contribution is -2.40. The van der Waals surface area contributed by atoms with Crippen molar-refractivity contribution in [3.05, 3.63) is 36.2 Å². The van der Waals surface area contributed by atoms with Crippen molar-refractivity contribution in [1.29, 1.82) is 0 Å². The molecule has 1 aromatic carbocycles. The van der Waals surface area contributed by atoms with Gasteiger partial charge in [-0.05, 0) is 37.6 Å². The summed E-state index contributed by atoms with van der Waals surface area (Å²) in [7, 11) is 0. The van der Waals surface area contributed by atoms with Crippen LogP contribution >= 0.6 is 0 Å². The molecule has 6 nitrogen and oxygen atoms in total. The summed E-state index contributed by atoms with van der Waals surface area (Å²) in [5.41, 5.74) is 0.374. The Hall–Kier alpha value is -2.21. The maximum Gasteiger partial charge on any atom is 0.251 e. The van der Waals surface area contributed by atoms with Crippen LogP contribution in [-0.4, -0.2) is 33.4 Å². The van der Waals surface area contributed by atoms with E-state index in [1.165, 1.54) is 6.39 Å². The lowest BCUT2D eigenvalue weighted by molar-refractivity contribution is 0.0518. The summed E-state index contributed by atoms with van der Waals surface area (Å²) in [5, 5.41) is 19.9. The van der Waals surface area contributed by atoms with Gasteiger partial charge in [0.05, 0.1) is 5.60 Å². The number of carbonyl (C=O) groups excluding carboxylic acids is 1. The second-order valence-corrected chi connectivity index (χ2v) is 4.85. The monoisotopic (exact) mass is 275 g/mol. The molecular weight excluding hydrogens is 258 g/mol. The van der Waals surface area contributed by atoms with Crippen molar-refractivity contribution in [2.75, 3.05) is 6.54 Å². The van der Waals surface area contributed by atoms with E-state index in [2.05, 4.69) is 15.5 Å². The molecular formula is C14H17N3O3. The first-order valence-electron chi connectivity index (χ1n) is 6.39. The van der Waals surface area contributed by atoms with Gasteiger partial charge in [0.2, 0.25) is 12.3 Å². The molecule has 1 heterocycles. The number of benzene rings is 1. The molecule has 20 heavy (non-hydrogen) atoms. The SMILES string of the molecule is CCC(C)(O)CNC(=O)c1ccc(-c2nnco2)cc1. The first-order chi connectivity index (χ1) is 9.52. The molecule has 2 aromatic rings. The maximum atomic E-state index is 11.9. The van der Waals surface area contributed by atoms with Crippen molar-refractivity contribution in [2.24, 2.45) is 0 Å². The molecule has 1 amide bonds. The lowest BCUT2D eigenvalue weighted by atomic mass is 10.0. The zero-order chi connectivity index (χ0) is 14.6. The molecule has 0 aliphatic heterocycles. The van der Waals surface area contributed by atoms with Gasteiger partial charge in [-0.15, -0.1) is 10.2 Å². The average Bonchev–Trinajstić information content (AvgIpc) is 2.99. The first kappa shape index (κ1) is 14.2. The van der Waals surface area contributed by atoms with Gasteiger partial charge in [-0.3, -0.25) is 4.79 Å². The van der Waals surface area contributed by atoms with Crippen LogP contribution in [0, 0.1) is 0 Å². The summed E-state index contributed by atoms with van der Waals surface area (Å²) in [5.74, 6) is 0.182. The minimum Gasteiger partial charge on any atom is -0.423 e. The van der Waals surface area contributed by atoms with Crippen LogP contribution in [0.1, 0.15) is 30.6 Å². The highest BCUT2D eigenvalue weighted by Crippen LogP contribution is 2.16. The zero-order valence-electron chi connectivity index (χ0n) is 11.5. The van der Waals surface area contributed by atoms with Gasteiger partial charge in [-0.25, -0.2) is 0 Å². The Bertz CT molecular complexity index is 562. The zero-order valence-corrected chi connectivity index (χ0v) is 11.5. The molecule has 1 unspecified atom stereocenters. The Morgan fingerprint density at radius 3 is 2.65 bits per heavy atom. The van der Waals surface area contributed by atoms with Crippen molar-refractivity contribution >= 4 is 5.91 Å². The van der Waals surface area contributed by atoms with E-state index in [1.54, 1.807) is 31.2 Å². The second-order valence-electron chi connectivity index (χ2n) is 4.85. The van der Waals surface area contributed by atoms with E-state index in [-0.39, 0.29) is 12.5 Å². The van der Waals surface area contributed by atoms with Crippen LogP contribution in [0.5, 0.6) is 0 Å². The van der Waals surface area contributed by atoms with Gasteiger partial charge in [0.1, 0.15) is 0 Å². The molecule has 2 N–H and O–H groups in total. The van der Waals surface area contributed by atoms with Crippen molar-refractivity contribution < 1.29 is 14.3 Å². The predicted molar refractivity (Wildman–Crippen MR) is 73.0 cm³/mol. The van der Waals surface area contributed by atoms with Gasteiger partial charge in [-0.2, -0.15) is 0 Å². The first-order valence-corrected chi connectivity index (χ1v) is 6.39. The molecule has 1 aromatic heterocycles. The number of nitrogens with zero attached hydrogens (tertiary/aromatic N) is 2. The highest BCUT2D eigenvalue weighted by atomic mass is 16.4. The number of rotatable bonds is 5. The van der Waals surface area contributed by atoms with Crippen LogP contribution in [0.4, 0.5) is 0 Å². The Labute approximate surface area is 116 Å². The summed E-state index contributed by atoms with van der Waals surface area (Å²) in [6, 6.07) is 6.83. The fraction of sp³-hybridized carbons (Fsp3) is 0.357. The molecule has 2 rings (SSSR count). The molecule has 0 bridgehead atoms. The summed E-state index contributed by atoms with van der Waals surface area (Å²) in [6.07, 6.45) is 1.83. The van der Waals surface area contributed by atoms with Crippen LogP contribution in [0.3, 0.4) is 0 Å². The van der Waals surface area contributed by atoms with Crippen LogP contribution < -0.4 is 5.32 Å². The number of nitrogens with one attached hydrogen (secondary N) is 1. The molecule has 0 radical (unpaired) electrons. The minimum atomic E-state index is -0.890. The Morgan fingerprint density at radius 1 is 1.40 bits per heavy atom. The number of hydrogen-bond acceptors (Lipinski definition) is 5. The van der Waals surface area contributed by atoms with Crippen molar-refractivity contribution in [3.8, 4) is 11.5 Å². The van der Waals surface area contributed by atoms with E-state index in [0.29, 0.717) is 17.9 Å². The molecule has 1 atom stereocenters. The summed E-state index contributed by atoms with van der Waals surface area (Å²) in [6.45, 7) is 3.77. The Morgan fingerprint density at radius 2 is 2.10 bits per heavy atom. The normalized spacial score (nSPS) is 13.8. The van der Waals surface area contributed by atoms with E-state index in [0.717, 1.165) is 5.56 Å². The smallest absolute Gasteiger partial charge is 0.251 e. The highest BCUT2D eigenvalue weighted by Gasteiger charge is 2.18. The predicted octanol–water partition coefficient (Wildman–Crippen LogP) is 1.63. The minimum absolute atomic E-state index is 0.216. The van der Waals surface area contributed by atoms with E-state index in [1.807, 2.05) is 6.92 Å². The molecule has 0 saturated heterocycles. The molecule has 0 fully saturated rings. The quantitative estimate of drug-likeness (QED) is 0.865. The fourth-order valence-corrected chi connectivity index (χ4v) is 1.56. The molecule has 0 aliphatic rings. The second kappa shape index (κ2) is 5.83. The summed E-state index contributed by atoms with van der Waals surface area (Å²) < 4.78 is 5.07. The van der Waals surface area contributed by atoms with E-state index < -0.39 is 5.60 Å². The molecule has 0 saturated carbocycles. The standard InChI is InChI=1S/C14H17N3O3/c1-3-14(2,19)8-15-12(18)10-4-6-11(7-5-10)13-17-16-9-20-13/h4-7,9,19H,3,8H2,1-2H3,(H,15,18). The fourth-order valence-electron chi connectivity index (χ4n) is 1.56. The van der Waals surface area contributed by atoms with Crippen molar-refractivity contribution in [1.82, 2.24) is 15.5 Å². The van der Waals surface area contributed by atoms with Gasteiger partial charge in [0.15, 0.2) is 0 Å². The number of hydrogen-bond donors (Lipinski definition) is 2. The summed E-state index contributed by atoms with van der Waals surface area (Å²) in [4.78, 5) is 11.9. The van der Waals surface area contributed by atoms with Crippen molar-refractivity contribution in [2.45, 2.75) is 25.9 Å². The number of amides is 1. The van der Waals surface area contributed by atoms with Crippen LogP contribution in [0.2, 0.25) is 0 Å². The molecule has 6 heteroatoms. The largest absolute Gasteiger partial charge is 0.423 e.